The molecule has 2 aromatic rings. The molecular weight excluding hydrogens is 282 g/mol. The van der Waals surface area contributed by atoms with Gasteiger partial charge in [-0.1, -0.05) is 12.1 Å². The van der Waals surface area contributed by atoms with Crippen LogP contribution in [0.5, 0.6) is 0 Å². The predicted molar refractivity (Wildman–Crippen MR) is 73.5 cm³/mol. The van der Waals surface area contributed by atoms with Gasteiger partial charge in [-0.15, -0.1) is 0 Å². The number of thioether (sulfide) groups is 1. The summed E-state index contributed by atoms with van der Waals surface area (Å²) in [5.41, 5.74) is 0.751. The van der Waals surface area contributed by atoms with E-state index in [2.05, 4.69) is 20.0 Å². The average Bonchev–Trinajstić information content (AvgIpc) is 2.79. The molecule has 0 fully saturated rings. The number of benzene rings is 1. The number of hydrogen-bond acceptors (Lipinski definition) is 5. The minimum absolute atomic E-state index is 0.0789. The zero-order valence-corrected chi connectivity index (χ0v) is 11.4. The van der Waals surface area contributed by atoms with Crippen LogP contribution in [0.15, 0.2) is 29.4 Å². The van der Waals surface area contributed by atoms with Gasteiger partial charge in [0.25, 0.3) is 0 Å². The second kappa shape index (κ2) is 6.29. The molecule has 0 saturated carbocycles. The number of imidazole rings is 1. The first-order chi connectivity index (χ1) is 9.58. The van der Waals surface area contributed by atoms with Crippen molar-refractivity contribution in [3.05, 3.63) is 24.3 Å². The van der Waals surface area contributed by atoms with Crippen LogP contribution in [0.2, 0.25) is 0 Å². The van der Waals surface area contributed by atoms with E-state index >= 15 is 0 Å². The maximum absolute atomic E-state index is 11.3. The number of nitrogens with one attached hydrogen (secondary N) is 2. The Morgan fingerprint density at radius 2 is 2.25 bits per heavy atom. The number of aromatic nitrogens is 2. The fourth-order valence-electron chi connectivity index (χ4n) is 1.58. The lowest BCUT2D eigenvalue weighted by Crippen LogP contribution is -2.25. The molecule has 0 saturated heterocycles. The van der Waals surface area contributed by atoms with Crippen molar-refractivity contribution >= 4 is 34.9 Å². The maximum atomic E-state index is 11.3. The Morgan fingerprint density at radius 3 is 2.90 bits per heavy atom. The second-order valence-corrected chi connectivity index (χ2v) is 5.02. The highest BCUT2D eigenvalue weighted by atomic mass is 32.2. The number of carboxylic acid groups (broad SMARTS) is 1. The van der Waals surface area contributed by atoms with E-state index in [9.17, 15) is 9.59 Å². The highest BCUT2D eigenvalue weighted by molar-refractivity contribution is 7.99. The normalized spacial score (nSPS) is 12.1. The first-order valence-electron chi connectivity index (χ1n) is 5.80. The van der Waals surface area contributed by atoms with E-state index in [1.165, 1.54) is 7.05 Å². The lowest BCUT2D eigenvalue weighted by molar-refractivity contribution is -0.121. The Labute approximate surface area is 118 Å². The van der Waals surface area contributed by atoms with Crippen LogP contribution in [0, 0.1) is 0 Å². The molecule has 7 nitrogen and oxygen atoms in total. The molecular formula is C12H13N3O4S. The van der Waals surface area contributed by atoms with Crippen molar-refractivity contribution in [3.63, 3.8) is 0 Å². The summed E-state index contributed by atoms with van der Waals surface area (Å²) in [4.78, 5) is 29.3. The smallest absolute Gasteiger partial charge is 0.450 e. The minimum Gasteiger partial charge on any atom is -0.450 e. The molecule has 3 N–H and O–H groups in total. The number of fused-ring (bicyclic) bond motifs is 1. The van der Waals surface area contributed by atoms with E-state index < -0.39 is 11.6 Å². The molecule has 0 aliphatic carbocycles. The molecule has 0 radical (unpaired) electrons. The maximum Gasteiger partial charge on any atom is 0.506 e. The van der Waals surface area contributed by atoms with E-state index in [4.69, 9.17) is 5.11 Å². The molecule has 1 atom stereocenters. The van der Waals surface area contributed by atoms with Crippen LogP contribution in [0.1, 0.15) is 6.42 Å². The fourth-order valence-corrected chi connectivity index (χ4v) is 2.52. The van der Waals surface area contributed by atoms with E-state index in [-0.39, 0.29) is 12.3 Å². The lowest BCUT2D eigenvalue weighted by atomic mass is 10.3. The summed E-state index contributed by atoms with van der Waals surface area (Å²) in [5, 5.41) is 11.6. The summed E-state index contributed by atoms with van der Waals surface area (Å²) in [6.45, 7) is 0. The Bertz CT molecular complexity index is 595. The topological polar surface area (TPSA) is 104 Å². The average molecular weight is 295 g/mol. The first-order valence-corrected chi connectivity index (χ1v) is 6.68. The van der Waals surface area contributed by atoms with E-state index in [0.29, 0.717) is 5.16 Å². The predicted octanol–water partition coefficient (Wildman–Crippen LogP) is 1.81. The van der Waals surface area contributed by atoms with Crippen LogP contribution >= 0.6 is 11.8 Å². The zero-order chi connectivity index (χ0) is 14.5. The van der Waals surface area contributed by atoms with Gasteiger partial charge in [0.1, 0.15) is 0 Å². The number of aromatic amines is 1. The number of amides is 1. The Balaban J connectivity index is 2.13. The number of nitrogens with zero attached hydrogens (tertiary/aromatic N) is 1. The van der Waals surface area contributed by atoms with Crippen LogP contribution in [-0.2, 0) is 9.53 Å². The molecule has 2 rings (SSSR count). The third-order valence-electron chi connectivity index (χ3n) is 2.47. The third-order valence-corrected chi connectivity index (χ3v) is 3.42. The molecule has 0 aliphatic heterocycles. The van der Waals surface area contributed by atoms with Crippen molar-refractivity contribution in [2.75, 3.05) is 7.05 Å². The number of carbonyl (C=O) groups is 2. The second-order valence-electron chi connectivity index (χ2n) is 3.87. The quantitative estimate of drug-likeness (QED) is 0.441. The van der Waals surface area contributed by atoms with Gasteiger partial charge < -0.3 is 20.1 Å². The molecule has 8 heteroatoms. The summed E-state index contributed by atoms with van der Waals surface area (Å²) in [7, 11) is 1.48. The zero-order valence-electron chi connectivity index (χ0n) is 10.6. The fraction of sp³-hybridized carbons (Fsp3) is 0.250. The van der Waals surface area contributed by atoms with Crippen molar-refractivity contribution in [1.82, 2.24) is 15.3 Å². The molecule has 0 aliphatic rings. The SMILES string of the molecule is CNC(=O)CC(OC(=O)O)Sc1nc2ccccc2[nH]1. The van der Waals surface area contributed by atoms with Gasteiger partial charge in [-0.2, -0.15) is 0 Å². The van der Waals surface area contributed by atoms with Gasteiger partial charge in [-0.3, -0.25) is 4.79 Å². The van der Waals surface area contributed by atoms with Crippen molar-refractivity contribution in [1.29, 1.82) is 0 Å². The van der Waals surface area contributed by atoms with Crippen molar-refractivity contribution in [3.8, 4) is 0 Å². The highest BCUT2D eigenvalue weighted by Crippen LogP contribution is 2.26. The Morgan fingerprint density at radius 1 is 1.50 bits per heavy atom. The van der Waals surface area contributed by atoms with Gasteiger partial charge in [0.05, 0.1) is 17.5 Å². The first kappa shape index (κ1) is 14.2. The molecule has 106 valence electrons. The molecule has 1 heterocycles. The van der Waals surface area contributed by atoms with E-state index in [1.807, 2.05) is 24.3 Å². The standard InChI is InChI=1S/C12H13N3O4S/c1-13-9(16)6-10(19-12(17)18)20-11-14-7-4-2-3-5-8(7)15-11/h2-5,10H,6H2,1H3,(H,13,16)(H,14,15)(H,17,18). The van der Waals surface area contributed by atoms with Gasteiger partial charge in [0, 0.05) is 7.05 Å². The molecule has 1 aromatic heterocycles. The molecule has 1 aromatic carbocycles. The molecule has 1 amide bonds. The van der Waals surface area contributed by atoms with Gasteiger partial charge in [-0.25, -0.2) is 9.78 Å². The van der Waals surface area contributed by atoms with E-state index in [0.717, 1.165) is 22.8 Å². The van der Waals surface area contributed by atoms with Gasteiger partial charge in [0.15, 0.2) is 10.6 Å². The van der Waals surface area contributed by atoms with Gasteiger partial charge in [-0.05, 0) is 23.9 Å². The highest BCUT2D eigenvalue weighted by Gasteiger charge is 2.20. The number of H-pyrrole nitrogens is 1. The molecule has 20 heavy (non-hydrogen) atoms. The third kappa shape index (κ3) is 3.64. The number of rotatable bonds is 5. The van der Waals surface area contributed by atoms with Crippen LogP contribution in [0.25, 0.3) is 11.0 Å². The summed E-state index contributed by atoms with van der Waals surface area (Å²) in [6, 6.07) is 7.41. The molecule has 1 unspecified atom stereocenters. The summed E-state index contributed by atoms with van der Waals surface area (Å²) in [6.07, 6.45) is -1.51. The van der Waals surface area contributed by atoms with Crippen LogP contribution in [0.3, 0.4) is 0 Å². The van der Waals surface area contributed by atoms with Gasteiger partial charge in [0.2, 0.25) is 5.91 Å². The number of para-hydroxylation sites is 2. The van der Waals surface area contributed by atoms with Crippen molar-refractivity contribution in [2.45, 2.75) is 17.0 Å². The van der Waals surface area contributed by atoms with E-state index in [1.54, 1.807) is 0 Å². The Kier molecular flexibility index (Phi) is 4.46. The number of carbonyl (C=O) groups excluding carboxylic acids is 1. The van der Waals surface area contributed by atoms with Crippen molar-refractivity contribution in [2.24, 2.45) is 0 Å². The molecule has 0 bridgehead atoms. The lowest BCUT2D eigenvalue weighted by Gasteiger charge is -2.12. The summed E-state index contributed by atoms with van der Waals surface area (Å²) in [5.74, 6) is -0.306. The molecule has 0 spiro atoms. The number of ether oxygens (including phenoxy) is 1. The Hall–Kier alpha value is -2.22. The summed E-state index contributed by atoms with van der Waals surface area (Å²) >= 11 is 1.06. The monoisotopic (exact) mass is 295 g/mol. The van der Waals surface area contributed by atoms with Crippen LogP contribution in [-0.4, -0.2) is 39.6 Å². The number of hydrogen-bond donors (Lipinski definition) is 3. The van der Waals surface area contributed by atoms with Crippen LogP contribution in [0.4, 0.5) is 4.79 Å². The largest absolute Gasteiger partial charge is 0.506 e. The minimum atomic E-state index is -1.43. The van der Waals surface area contributed by atoms with Crippen LogP contribution < -0.4 is 5.32 Å². The van der Waals surface area contributed by atoms with Gasteiger partial charge >= 0.3 is 6.16 Å². The van der Waals surface area contributed by atoms with Crippen molar-refractivity contribution < 1.29 is 19.4 Å². The summed E-state index contributed by atoms with van der Waals surface area (Å²) < 4.78 is 4.68.